The minimum Gasteiger partial charge on any atom is -0.455 e. The second-order valence-corrected chi connectivity index (χ2v) is 16.4. The van der Waals surface area contributed by atoms with Gasteiger partial charge in [0, 0.05) is 44.5 Å². The number of pyridine rings is 1. The summed E-state index contributed by atoms with van der Waals surface area (Å²) in [5.41, 5.74) is 3.41. The molecule has 0 fully saturated rings. The molecular formula is C49H37Cl2N7O5. The first kappa shape index (κ1) is 40.8. The Morgan fingerprint density at radius 3 is 2.17 bits per heavy atom. The Kier molecular flexibility index (Phi) is 10.6. The van der Waals surface area contributed by atoms with Crippen LogP contribution in [0.4, 0.5) is 34.6 Å². The molecule has 2 heterocycles. The molecule has 312 valence electrons. The van der Waals surface area contributed by atoms with Gasteiger partial charge in [0.05, 0.1) is 33.0 Å². The van der Waals surface area contributed by atoms with Crippen LogP contribution in [-0.2, 0) is 5.41 Å². The van der Waals surface area contributed by atoms with Crippen LogP contribution in [0.5, 0.6) is 11.5 Å². The van der Waals surface area contributed by atoms with Crippen molar-refractivity contribution in [2.24, 2.45) is 0 Å². The number of ether oxygens (including phenoxy) is 1. The van der Waals surface area contributed by atoms with Crippen LogP contribution in [0.15, 0.2) is 137 Å². The topological polar surface area (TPSA) is 171 Å². The monoisotopic (exact) mass is 873 g/mol. The van der Waals surface area contributed by atoms with Gasteiger partial charge < -0.3 is 25.7 Å². The van der Waals surface area contributed by atoms with Crippen LogP contribution in [0, 0.1) is 0 Å². The molecule has 63 heavy (non-hydrogen) atoms. The number of benzene rings is 6. The predicted octanol–water partition coefficient (Wildman–Crippen LogP) is 11.5. The van der Waals surface area contributed by atoms with Crippen molar-refractivity contribution in [2.75, 3.05) is 16.0 Å². The van der Waals surface area contributed by atoms with Crippen LogP contribution in [0.1, 0.15) is 64.6 Å². The molecule has 0 radical (unpaired) electrons. The molecule has 9 rings (SSSR count). The third-order valence-electron chi connectivity index (χ3n) is 11.2. The summed E-state index contributed by atoms with van der Waals surface area (Å²) in [6.07, 6.45) is 0.934. The number of carbonyl (C=O) groups is 2. The summed E-state index contributed by atoms with van der Waals surface area (Å²) in [4.78, 5) is 69.9. The van der Waals surface area contributed by atoms with E-state index in [1.165, 1.54) is 0 Å². The van der Waals surface area contributed by atoms with Crippen LogP contribution in [0.25, 0.3) is 22.0 Å². The highest BCUT2D eigenvalue weighted by molar-refractivity contribution is 6.35. The first-order chi connectivity index (χ1) is 30.4. The highest BCUT2D eigenvalue weighted by Crippen LogP contribution is 2.47. The molecule has 2 aromatic heterocycles. The van der Waals surface area contributed by atoms with E-state index in [0.29, 0.717) is 66.2 Å². The van der Waals surface area contributed by atoms with Crippen LogP contribution in [-0.4, -0.2) is 31.5 Å². The highest BCUT2D eigenvalue weighted by atomic mass is 35.5. The summed E-state index contributed by atoms with van der Waals surface area (Å²) in [5.74, 6) is -0.0124. The molecule has 12 nitrogen and oxygen atoms in total. The molecule has 0 saturated carbocycles. The Morgan fingerprint density at radius 1 is 0.714 bits per heavy atom. The number of ketones is 2. The van der Waals surface area contributed by atoms with Gasteiger partial charge in [-0.2, -0.15) is 9.97 Å². The first-order valence-electron chi connectivity index (χ1n) is 20.0. The van der Waals surface area contributed by atoms with Gasteiger partial charge in [0.15, 0.2) is 17.3 Å². The standard InChI is InChI=1S/C49H37Cl2N7O5/c1-4-49(2,3)27-17-20-31(21-18-27)63-37-25-36(52-29-13-10-14-30(24-29)53-46-56-47(58-48(62)57-46)54-35-23-28(50)19-22-34(35)51)39-40-38(32-15-8-9-16-33(32)44(39)60)41(45(61)55-42(37)40)43(59)26-11-6-5-7-12-26/h5-25,52H,4H2,1-3H3,(H,55,61)(H3,53,54,56,57,58,62). The van der Waals surface area contributed by atoms with E-state index < -0.39 is 17.0 Å². The molecule has 0 aliphatic heterocycles. The lowest BCUT2D eigenvalue weighted by atomic mass is 9.80. The van der Waals surface area contributed by atoms with Gasteiger partial charge >= 0.3 is 5.69 Å². The molecule has 0 bridgehead atoms. The summed E-state index contributed by atoms with van der Waals surface area (Å²) in [5, 5.41) is 10.6. The predicted molar refractivity (Wildman–Crippen MR) is 249 cm³/mol. The van der Waals surface area contributed by atoms with Gasteiger partial charge in [-0.15, -0.1) is 0 Å². The van der Waals surface area contributed by atoms with Crippen molar-refractivity contribution in [3.63, 3.8) is 0 Å². The van der Waals surface area contributed by atoms with E-state index in [1.54, 1.807) is 103 Å². The largest absolute Gasteiger partial charge is 0.455 e. The van der Waals surface area contributed by atoms with E-state index >= 15 is 0 Å². The zero-order valence-corrected chi connectivity index (χ0v) is 35.5. The Labute approximate surface area is 370 Å². The average Bonchev–Trinajstić information content (AvgIpc) is 3.27. The number of hydrogen-bond acceptors (Lipinski definition) is 10. The second-order valence-electron chi connectivity index (χ2n) is 15.6. The molecule has 1 aliphatic rings. The van der Waals surface area contributed by atoms with Crippen molar-refractivity contribution in [1.82, 2.24) is 19.9 Å². The maximum atomic E-state index is 14.8. The molecule has 0 atom stereocenters. The molecule has 0 amide bonds. The molecule has 0 spiro atoms. The number of aromatic nitrogens is 4. The number of rotatable bonds is 12. The number of H-pyrrole nitrogens is 2. The number of anilines is 6. The van der Waals surface area contributed by atoms with Crippen molar-refractivity contribution < 1.29 is 14.3 Å². The van der Waals surface area contributed by atoms with Gasteiger partial charge in [-0.25, -0.2) is 4.79 Å². The SMILES string of the molecule is CCC(C)(C)c1ccc(Oc2cc(Nc3cccc(Nc4nc(Nc5cc(Cl)ccc5Cl)nc(=O)[nH]4)c3)c3c4c(c(C(=O)c5ccccc5)c(=O)[nH]c24)-c2ccccc2C3=O)cc1. The summed E-state index contributed by atoms with van der Waals surface area (Å²) in [6, 6.07) is 36.9. The number of halogens is 2. The second kappa shape index (κ2) is 16.4. The molecule has 14 heteroatoms. The average molecular weight is 875 g/mol. The molecule has 6 aromatic carbocycles. The van der Waals surface area contributed by atoms with Gasteiger partial charge in [0.2, 0.25) is 11.9 Å². The van der Waals surface area contributed by atoms with Crippen LogP contribution in [0.3, 0.4) is 0 Å². The van der Waals surface area contributed by atoms with Gasteiger partial charge in [0.25, 0.3) is 5.56 Å². The summed E-state index contributed by atoms with van der Waals surface area (Å²) < 4.78 is 6.61. The summed E-state index contributed by atoms with van der Waals surface area (Å²) in [7, 11) is 0. The summed E-state index contributed by atoms with van der Waals surface area (Å²) in [6.45, 7) is 6.48. The van der Waals surface area contributed by atoms with Crippen molar-refractivity contribution in [3.8, 4) is 22.6 Å². The maximum Gasteiger partial charge on any atom is 0.351 e. The zero-order valence-electron chi connectivity index (χ0n) is 34.0. The van der Waals surface area contributed by atoms with Gasteiger partial charge in [-0.05, 0) is 71.5 Å². The summed E-state index contributed by atoms with van der Waals surface area (Å²) >= 11 is 12.5. The van der Waals surface area contributed by atoms with Crippen LogP contribution < -0.4 is 31.9 Å². The first-order valence-corrected chi connectivity index (χ1v) is 20.8. The Bertz CT molecular complexity index is 3260. The highest BCUT2D eigenvalue weighted by Gasteiger charge is 2.35. The fourth-order valence-electron chi connectivity index (χ4n) is 7.60. The van der Waals surface area contributed by atoms with Crippen molar-refractivity contribution in [2.45, 2.75) is 32.6 Å². The van der Waals surface area contributed by atoms with E-state index in [1.807, 2.05) is 24.3 Å². The Balaban J connectivity index is 1.17. The number of hydrogen-bond donors (Lipinski definition) is 5. The third kappa shape index (κ3) is 7.93. The quantitative estimate of drug-likeness (QED) is 0.0744. The van der Waals surface area contributed by atoms with E-state index in [4.69, 9.17) is 27.9 Å². The molecular weight excluding hydrogens is 837 g/mol. The lowest BCUT2D eigenvalue weighted by molar-refractivity contribution is 0.102. The van der Waals surface area contributed by atoms with Gasteiger partial charge in [0.1, 0.15) is 5.75 Å². The zero-order chi connectivity index (χ0) is 44.0. The van der Waals surface area contributed by atoms with Crippen LogP contribution >= 0.6 is 23.2 Å². The molecule has 0 saturated heterocycles. The normalized spacial score (nSPS) is 11.9. The molecule has 0 unspecified atom stereocenters. The number of aromatic amines is 2. The lowest BCUT2D eigenvalue weighted by Gasteiger charge is -2.26. The van der Waals surface area contributed by atoms with E-state index in [0.717, 1.165) is 12.0 Å². The van der Waals surface area contributed by atoms with E-state index in [-0.39, 0.29) is 45.5 Å². The van der Waals surface area contributed by atoms with Crippen molar-refractivity contribution in [3.05, 3.63) is 186 Å². The van der Waals surface area contributed by atoms with E-state index in [9.17, 15) is 19.2 Å². The maximum absolute atomic E-state index is 14.8. The number of nitrogens with one attached hydrogen (secondary N) is 5. The molecule has 8 aromatic rings. The Morgan fingerprint density at radius 2 is 1.43 bits per heavy atom. The number of nitrogens with zero attached hydrogens (tertiary/aromatic N) is 2. The van der Waals surface area contributed by atoms with Gasteiger partial charge in [-0.3, -0.25) is 19.4 Å². The van der Waals surface area contributed by atoms with Crippen molar-refractivity contribution >= 4 is 80.3 Å². The number of fused-ring (bicyclic) bond motifs is 2. The van der Waals surface area contributed by atoms with E-state index in [2.05, 4.69) is 56.7 Å². The fourth-order valence-corrected chi connectivity index (χ4v) is 7.94. The third-order valence-corrected chi connectivity index (χ3v) is 11.7. The molecule has 1 aliphatic carbocycles. The fraction of sp³-hybridized carbons (Fsp3) is 0.102. The minimum absolute atomic E-state index is 0.0241. The lowest BCUT2D eigenvalue weighted by Crippen LogP contribution is -2.24. The van der Waals surface area contributed by atoms with Gasteiger partial charge in [-0.1, -0.05) is 117 Å². The number of carbonyl (C=O) groups excluding carboxylic acids is 2. The van der Waals surface area contributed by atoms with Crippen LogP contribution in [0.2, 0.25) is 10.0 Å². The Hall–Kier alpha value is -7.54. The minimum atomic E-state index is -0.674. The molecule has 5 N–H and O–H groups in total. The smallest absolute Gasteiger partial charge is 0.351 e. The van der Waals surface area contributed by atoms with Crippen molar-refractivity contribution in [1.29, 1.82) is 0 Å².